The monoisotopic (exact) mass is 342 g/mol. The van der Waals surface area contributed by atoms with Crippen molar-refractivity contribution < 1.29 is 14.3 Å². The van der Waals surface area contributed by atoms with Gasteiger partial charge in [0.15, 0.2) is 0 Å². The van der Waals surface area contributed by atoms with Crippen molar-refractivity contribution >= 4 is 5.91 Å². The summed E-state index contributed by atoms with van der Waals surface area (Å²) in [5.74, 6) is 0.302. The Morgan fingerprint density at radius 3 is 3.16 bits per heavy atom. The third-order valence-electron chi connectivity index (χ3n) is 5.12. The van der Waals surface area contributed by atoms with Crippen LogP contribution >= 0.6 is 0 Å². The minimum absolute atomic E-state index is 0.0124. The van der Waals surface area contributed by atoms with Gasteiger partial charge in [0.1, 0.15) is 5.69 Å². The first-order chi connectivity index (χ1) is 12.2. The molecule has 1 amide bonds. The predicted molar refractivity (Wildman–Crippen MR) is 89.7 cm³/mol. The van der Waals surface area contributed by atoms with E-state index in [0.717, 1.165) is 5.56 Å². The van der Waals surface area contributed by atoms with Crippen LogP contribution in [-0.4, -0.2) is 58.5 Å². The summed E-state index contributed by atoms with van der Waals surface area (Å²) < 4.78 is 13.3. The Morgan fingerprint density at radius 1 is 1.48 bits per heavy atom. The summed E-state index contributed by atoms with van der Waals surface area (Å²) in [5, 5.41) is 4.23. The average molecular weight is 342 g/mol. The lowest BCUT2D eigenvalue weighted by Crippen LogP contribution is -2.37. The van der Waals surface area contributed by atoms with E-state index in [1.165, 1.54) is 0 Å². The number of aromatic nitrogens is 3. The van der Waals surface area contributed by atoms with Gasteiger partial charge in [0.2, 0.25) is 0 Å². The van der Waals surface area contributed by atoms with Crippen molar-refractivity contribution in [3.8, 4) is 0 Å². The highest BCUT2D eigenvalue weighted by Gasteiger charge is 2.52. The van der Waals surface area contributed by atoms with Crippen molar-refractivity contribution in [1.29, 1.82) is 0 Å². The fraction of sp³-hybridized carbons (Fsp3) is 0.500. The van der Waals surface area contributed by atoms with Gasteiger partial charge in [0.25, 0.3) is 5.91 Å². The van der Waals surface area contributed by atoms with Crippen molar-refractivity contribution in [3.05, 3.63) is 48.0 Å². The molecule has 2 aliphatic heterocycles. The zero-order chi connectivity index (χ0) is 17.3. The molecule has 2 fully saturated rings. The molecule has 0 aromatic carbocycles. The zero-order valence-corrected chi connectivity index (χ0v) is 14.3. The fourth-order valence-electron chi connectivity index (χ4n) is 3.74. The predicted octanol–water partition coefficient (Wildman–Crippen LogP) is 1.12. The minimum atomic E-state index is -0.118. The Hall–Kier alpha value is -2.25. The third-order valence-corrected chi connectivity index (χ3v) is 5.12. The summed E-state index contributed by atoms with van der Waals surface area (Å²) >= 11 is 0. The minimum Gasteiger partial charge on any atom is -0.380 e. The Morgan fingerprint density at radius 2 is 2.40 bits per heavy atom. The smallest absolute Gasteiger partial charge is 0.274 e. The second-order valence-electron chi connectivity index (χ2n) is 6.99. The maximum absolute atomic E-state index is 12.7. The van der Waals surface area contributed by atoms with Crippen molar-refractivity contribution in [1.82, 2.24) is 19.7 Å². The normalized spacial score (nSPS) is 25.3. The molecular weight excluding hydrogens is 320 g/mol. The SMILES string of the molecule is Cn1ccc(C(=O)N2C[C@@H]3COC[C@]3(COCc3cccnc3)C2)n1. The van der Waals surface area contributed by atoms with E-state index in [4.69, 9.17) is 9.47 Å². The van der Waals surface area contributed by atoms with Gasteiger partial charge in [-0.25, -0.2) is 0 Å². The van der Waals surface area contributed by atoms with E-state index in [0.29, 0.717) is 51.1 Å². The topological polar surface area (TPSA) is 69.5 Å². The van der Waals surface area contributed by atoms with Crippen LogP contribution in [0.15, 0.2) is 36.8 Å². The van der Waals surface area contributed by atoms with Crippen molar-refractivity contribution in [2.45, 2.75) is 6.61 Å². The van der Waals surface area contributed by atoms with Gasteiger partial charge in [-0.2, -0.15) is 5.10 Å². The maximum atomic E-state index is 12.7. The highest BCUT2D eigenvalue weighted by atomic mass is 16.5. The molecule has 132 valence electrons. The maximum Gasteiger partial charge on any atom is 0.274 e. The van der Waals surface area contributed by atoms with E-state index in [1.807, 2.05) is 30.3 Å². The summed E-state index contributed by atoms with van der Waals surface area (Å²) in [6.45, 7) is 3.78. The van der Waals surface area contributed by atoms with Crippen LogP contribution in [0.4, 0.5) is 0 Å². The molecule has 0 bridgehead atoms. The van der Waals surface area contributed by atoms with Crippen molar-refractivity contribution in [2.24, 2.45) is 18.4 Å². The van der Waals surface area contributed by atoms with Crippen LogP contribution < -0.4 is 0 Å². The molecule has 0 saturated carbocycles. The van der Waals surface area contributed by atoms with Crippen LogP contribution in [0.1, 0.15) is 16.1 Å². The summed E-state index contributed by atoms with van der Waals surface area (Å²) in [6, 6.07) is 5.67. The number of rotatable bonds is 5. The molecule has 25 heavy (non-hydrogen) atoms. The zero-order valence-electron chi connectivity index (χ0n) is 14.3. The Kier molecular flexibility index (Phi) is 4.27. The van der Waals surface area contributed by atoms with Crippen molar-refractivity contribution in [3.63, 3.8) is 0 Å². The van der Waals surface area contributed by atoms with Gasteiger partial charge in [-0.1, -0.05) is 6.07 Å². The van der Waals surface area contributed by atoms with Crippen LogP contribution in [-0.2, 0) is 23.1 Å². The number of nitrogens with zero attached hydrogens (tertiary/aromatic N) is 4. The van der Waals surface area contributed by atoms with Gasteiger partial charge in [0.05, 0.1) is 26.4 Å². The van der Waals surface area contributed by atoms with Crippen LogP contribution in [0.2, 0.25) is 0 Å². The number of carbonyl (C=O) groups is 1. The molecule has 2 aromatic rings. The Bertz CT molecular complexity index is 748. The summed E-state index contributed by atoms with van der Waals surface area (Å²) in [5.41, 5.74) is 1.43. The number of carbonyl (C=O) groups excluding carboxylic acids is 1. The molecule has 0 radical (unpaired) electrons. The largest absolute Gasteiger partial charge is 0.380 e. The lowest BCUT2D eigenvalue weighted by Gasteiger charge is -2.26. The molecule has 0 aliphatic carbocycles. The van der Waals surface area contributed by atoms with Gasteiger partial charge < -0.3 is 14.4 Å². The fourth-order valence-corrected chi connectivity index (χ4v) is 3.74. The van der Waals surface area contributed by atoms with E-state index in [2.05, 4.69) is 10.1 Å². The highest BCUT2D eigenvalue weighted by Crippen LogP contribution is 2.42. The molecule has 0 N–H and O–H groups in total. The third kappa shape index (κ3) is 3.17. The van der Waals surface area contributed by atoms with E-state index in [-0.39, 0.29) is 11.3 Å². The molecule has 0 unspecified atom stereocenters. The molecule has 2 atom stereocenters. The van der Waals surface area contributed by atoms with Gasteiger partial charge in [-0.15, -0.1) is 0 Å². The van der Waals surface area contributed by atoms with E-state index < -0.39 is 0 Å². The van der Waals surface area contributed by atoms with Crippen LogP contribution in [0.3, 0.4) is 0 Å². The number of amides is 1. The molecule has 4 heterocycles. The number of pyridine rings is 1. The van der Waals surface area contributed by atoms with Crippen LogP contribution in [0, 0.1) is 11.3 Å². The lowest BCUT2D eigenvalue weighted by atomic mass is 9.82. The van der Waals surface area contributed by atoms with Gasteiger partial charge in [-0.3, -0.25) is 14.5 Å². The molecule has 7 heteroatoms. The number of hydrogen-bond donors (Lipinski definition) is 0. The molecule has 2 aromatic heterocycles. The number of aryl methyl sites for hydroxylation is 1. The number of likely N-dealkylation sites (tertiary alicyclic amines) is 1. The van der Waals surface area contributed by atoms with Crippen molar-refractivity contribution in [2.75, 3.05) is 32.9 Å². The van der Waals surface area contributed by atoms with Gasteiger partial charge in [0, 0.05) is 50.1 Å². The van der Waals surface area contributed by atoms with E-state index in [1.54, 1.807) is 23.1 Å². The molecule has 4 rings (SSSR count). The molecule has 2 aliphatic rings. The first-order valence-electron chi connectivity index (χ1n) is 8.50. The van der Waals surface area contributed by atoms with E-state index in [9.17, 15) is 4.79 Å². The number of fused-ring (bicyclic) bond motifs is 1. The summed E-state index contributed by atoms with van der Waals surface area (Å²) in [7, 11) is 1.82. The molecule has 0 spiro atoms. The molecule has 7 nitrogen and oxygen atoms in total. The highest BCUT2D eigenvalue weighted by molar-refractivity contribution is 5.92. The first kappa shape index (κ1) is 16.2. The quantitative estimate of drug-likeness (QED) is 0.814. The van der Waals surface area contributed by atoms with Crippen LogP contribution in [0.5, 0.6) is 0 Å². The average Bonchev–Trinajstić information content (AvgIpc) is 3.29. The first-order valence-corrected chi connectivity index (χ1v) is 8.50. The lowest BCUT2D eigenvalue weighted by molar-refractivity contribution is 0.0185. The second kappa shape index (κ2) is 6.57. The standard InChI is InChI=1S/C18H22N4O3/c1-21-6-4-16(20-21)17(23)22-8-15-10-25-13-18(15,11-22)12-24-9-14-3-2-5-19-7-14/h2-7,15H,8-13H2,1H3/t15-,18-/m1/s1. The number of hydrogen-bond acceptors (Lipinski definition) is 5. The summed E-state index contributed by atoms with van der Waals surface area (Å²) in [4.78, 5) is 18.7. The van der Waals surface area contributed by atoms with Crippen LogP contribution in [0.25, 0.3) is 0 Å². The second-order valence-corrected chi connectivity index (χ2v) is 6.99. The molecular formula is C18H22N4O3. The molecule has 2 saturated heterocycles. The van der Waals surface area contributed by atoms with Gasteiger partial charge in [-0.05, 0) is 17.7 Å². The van der Waals surface area contributed by atoms with E-state index >= 15 is 0 Å². The van der Waals surface area contributed by atoms with Gasteiger partial charge >= 0.3 is 0 Å². The Balaban J connectivity index is 1.41. The Labute approximate surface area is 146 Å². The number of ether oxygens (including phenoxy) is 2. The summed E-state index contributed by atoms with van der Waals surface area (Å²) in [6.07, 6.45) is 5.35.